The van der Waals surface area contributed by atoms with Gasteiger partial charge in [-0.2, -0.15) is 0 Å². The van der Waals surface area contributed by atoms with Gasteiger partial charge < -0.3 is 5.11 Å². The molecule has 0 radical (unpaired) electrons. The maximum absolute atomic E-state index is 11.0. The van der Waals surface area contributed by atoms with Crippen LogP contribution < -0.4 is 0 Å². The molecule has 0 saturated carbocycles. The number of nitro benzene ring substituents is 1. The molecule has 25 heavy (non-hydrogen) atoms. The SMILES string of the molecule is O=[N+]([O-])c1cc(Cl)cc(C=NCC(c2cccs2)N2CCCC2)c1O. The van der Waals surface area contributed by atoms with Gasteiger partial charge in [-0.1, -0.05) is 17.7 Å². The second kappa shape index (κ2) is 7.95. The Hall–Kier alpha value is -1.96. The van der Waals surface area contributed by atoms with Crippen LogP contribution in [-0.4, -0.2) is 40.8 Å². The van der Waals surface area contributed by atoms with Crippen molar-refractivity contribution >= 4 is 34.8 Å². The first-order valence-electron chi connectivity index (χ1n) is 8.00. The number of likely N-dealkylation sites (tertiary alicyclic amines) is 1. The fourth-order valence-corrected chi connectivity index (χ4v) is 4.09. The Bertz CT molecular complexity index is 774. The normalized spacial score (nSPS) is 16.5. The number of nitrogens with zero attached hydrogens (tertiary/aromatic N) is 3. The molecule has 0 spiro atoms. The van der Waals surface area contributed by atoms with E-state index < -0.39 is 16.4 Å². The van der Waals surface area contributed by atoms with Crippen LogP contribution >= 0.6 is 22.9 Å². The molecule has 1 aromatic carbocycles. The molecule has 1 saturated heterocycles. The van der Waals surface area contributed by atoms with E-state index in [1.54, 1.807) is 11.3 Å². The number of phenols is 1. The summed E-state index contributed by atoms with van der Waals surface area (Å²) in [5.74, 6) is -0.410. The summed E-state index contributed by atoms with van der Waals surface area (Å²) in [6.07, 6.45) is 3.84. The molecule has 3 rings (SSSR count). The van der Waals surface area contributed by atoms with E-state index in [2.05, 4.69) is 16.0 Å². The summed E-state index contributed by atoms with van der Waals surface area (Å²) >= 11 is 7.61. The maximum Gasteiger partial charge on any atom is 0.312 e. The number of halogens is 1. The van der Waals surface area contributed by atoms with Gasteiger partial charge in [-0.05, 0) is 43.4 Å². The van der Waals surface area contributed by atoms with Crippen LogP contribution in [0.5, 0.6) is 5.75 Å². The highest BCUT2D eigenvalue weighted by atomic mass is 35.5. The van der Waals surface area contributed by atoms with Gasteiger partial charge in [-0.3, -0.25) is 20.0 Å². The van der Waals surface area contributed by atoms with Crippen molar-refractivity contribution in [2.75, 3.05) is 19.6 Å². The first-order valence-corrected chi connectivity index (χ1v) is 9.26. The third-order valence-electron chi connectivity index (χ3n) is 4.24. The lowest BCUT2D eigenvalue weighted by Gasteiger charge is -2.25. The molecule has 1 atom stereocenters. The topological polar surface area (TPSA) is 79.0 Å². The molecule has 0 amide bonds. The lowest BCUT2D eigenvalue weighted by Crippen LogP contribution is -2.27. The molecule has 2 aromatic rings. The zero-order chi connectivity index (χ0) is 17.8. The summed E-state index contributed by atoms with van der Waals surface area (Å²) in [6, 6.07) is 6.93. The van der Waals surface area contributed by atoms with Gasteiger partial charge in [0.2, 0.25) is 5.75 Å². The smallest absolute Gasteiger partial charge is 0.312 e. The number of aliphatic imine (C=N–C) groups is 1. The first kappa shape index (κ1) is 17.8. The van der Waals surface area contributed by atoms with Crippen LogP contribution in [0.3, 0.4) is 0 Å². The number of benzene rings is 1. The van der Waals surface area contributed by atoms with Gasteiger partial charge in [0.15, 0.2) is 0 Å². The summed E-state index contributed by atoms with van der Waals surface area (Å²) < 4.78 is 0. The molecule has 1 fully saturated rings. The van der Waals surface area contributed by atoms with Crippen LogP contribution in [0.25, 0.3) is 0 Å². The zero-order valence-electron chi connectivity index (χ0n) is 13.5. The van der Waals surface area contributed by atoms with E-state index in [0.717, 1.165) is 19.2 Å². The molecule has 132 valence electrons. The average Bonchev–Trinajstić information content (AvgIpc) is 3.27. The highest BCUT2D eigenvalue weighted by Gasteiger charge is 2.24. The van der Waals surface area contributed by atoms with Crippen molar-refractivity contribution in [1.29, 1.82) is 0 Å². The third-order valence-corrected chi connectivity index (χ3v) is 5.43. The van der Waals surface area contributed by atoms with E-state index in [9.17, 15) is 15.2 Å². The van der Waals surface area contributed by atoms with Crippen molar-refractivity contribution < 1.29 is 10.0 Å². The van der Waals surface area contributed by atoms with Gasteiger partial charge in [0.25, 0.3) is 0 Å². The average molecular weight is 380 g/mol. The van der Waals surface area contributed by atoms with E-state index in [1.807, 2.05) is 11.4 Å². The summed E-state index contributed by atoms with van der Waals surface area (Å²) in [7, 11) is 0. The molecule has 6 nitrogen and oxygen atoms in total. The number of hydrogen-bond acceptors (Lipinski definition) is 6. The molecular weight excluding hydrogens is 362 g/mol. The molecule has 1 aliphatic rings. The van der Waals surface area contributed by atoms with E-state index in [4.69, 9.17) is 11.6 Å². The molecular formula is C17H18ClN3O3S. The highest BCUT2D eigenvalue weighted by Crippen LogP contribution is 2.33. The third kappa shape index (κ3) is 4.18. The molecule has 0 bridgehead atoms. The minimum Gasteiger partial charge on any atom is -0.502 e. The first-order chi connectivity index (χ1) is 12.1. The van der Waals surface area contributed by atoms with E-state index in [1.165, 1.54) is 30.0 Å². The fourth-order valence-electron chi connectivity index (χ4n) is 3.01. The van der Waals surface area contributed by atoms with Gasteiger partial charge in [-0.25, -0.2) is 0 Å². The number of aromatic hydroxyl groups is 1. The van der Waals surface area contributed by atoms with Crippen LogP contribution in [-0.2, 0) is 0 Å². The second-order valence-corrected chi connectivity index (χ2v) is 7.30. The minimum atomic E-state index is -0.656. The Kier molecular flexibility index (Phi) is 5.67. The van der Waals surface area contributed by atoms with E-state index in [0.29, 0.717) is 6.54 Å². The molecule has 8 heteroatoms. The molecule has 1 aliphatic heterocycles. The molecule has 2 heterocycles. The van der Waals surface area contributed by atoms with Crippen molar-refractivity contribution in [2.24, 2.45) is 4.99 Å². The molecule has 0 aliphatic carbocycles. The lowest BCUT2D eigenvalue weighted by molar-refractivity contribution is -0.385. The Morgan fingerprint density at radius 1 is 1.44 bits per heavy atom. The van der Waals surface area contributed by atoms with Gasteiger partial charge in [0.05, 0.1) is 17.5 Å². The highest BCUT2D eigenvalue weighted by molar-refractivity contribution is 7.10. The maximum atomic E-state index is 11.0. The quantitative estimate of drug-likeness (QED) is 0.461. The van der Waals surface area contributed by atoms with Crippen LogP contribution in [0.4, 0.5) is 5.69 Å². The standard InChI is InChI=1S/C17H18ClN3O3S/c18-13-8-12(17(22)14(9-13)21(23)24)10-19-11-15(16-4-3-7-25-16)20-5-1-2-6-20/h3-4,7-10,15,22H,1-2,5-6,11H2. The Balaban J connectivity index is 1.80. The van der Waals surface area contributed by atoms with Crippen LogP contribution in [0.1, 0.15) is 29.3 Å². The predicted molar refractivity (Wildman–Crippen MR) is 100 cm³/mol. The van der Waals surface area contributed by atoms with Crippen LogP contribution in [0.15, 0.2) is 34.6 Å². The van der Waals surface area contributed by atoms with Gasteiger partial charge in [-0.15, -0.1) is 11.3 Å². The van der Waals surface area contributed by atoms with Crippen molar-refractivity contribution in [2.45, 2.75) is 18.9 Å². The monoisotopic (exact) mass is 379 g/mol. The second-order valence-electron chi connectivity index (χ2n) is 5.89. The Morgan fingerprint density at radius 2 is 2.20 bits per heavy atom. The number of hydrogen-bond donors (Lipinski definition) is 1. The lowest BCUT2D eigenvalue weighted by atomic mass is 10.2. The summed E-state index contributed by atoms with van der Waals surface area (Å²) in [4.78, 5) is 18.4. The summed E-state index contributed by atoms with van der Waals surface area (Å²) in [6.45, 7) is 2.62. The Labute approximate surface area is 154 Å². The Morgan fingerprint density at radius 3 is 2.84 bits per heavy atom. The molecule has 1 unspecified atom stereocenters. The minimum absolute atomic E-state index is 0.190. The summed E-state index contributed by atoms with van der Waals surface area (Å²) in [5.41, 5.74) is -0.158. The molecule has 1 aromatic heterocycles. The van der Waals surface area contributed by atoms with Crippen molar-refractivity contribution in [1.82, 2.24) is 4.90 Å². The number of thiophene rings is 1. The number of nitro groups is 1. The van der Waals surface area contributed by atoms with Crippen LogP contribution in [0, 0.1) is 10.1 Å². The van der Waals surface area contributed by atoms with Crippen molar-refractivity contribution in [3.63, 3.8) is 0 Å². The van der Waals surface area contributed by atoms with Crippen molar-refractivity contribution in [3.8, 4) is 5.75 Å². The fraction of sp³-hybridized carbons (Fsp3) is 0.353. The summed E-state index contributed by atoms with van der Waals surface area (Å²) in [5, 5.41) is 23.3. The van der Waals surface area contributed by atoms with Crippen LogP contribution in [0.2, 0.25) is 5.02 Å². The number of rotatable bonds is 6. The number of phenolic OH excluding ortho intramolecular Hbond substituents is 1. The predicted octanol–water partition coefficient (Wildman–Crippen LogP) is 4.27. The van der Waals surface area contributed by atoms with Gasteiger partial charge in [0.1, 0.15) is 0 Å². The zero-order valence-corrected chi connectivity index (χ0v) is 15.0. The van der Waals surface area contributed by atoms with E-state index >= 15 is 0 Å². The molecule has 1 N–H and O–H groups in total. The van der Waals surface area contributed by atoms with Gasteiger partial charge >= 0.3 is 5.69 Å². The van der Waals surface area contributed by atoms with Crippen molar-refractivity contribution in [3.05, 3.63) is 55.2 Å². The van der Waals surface area contributed by atoms with Gasteiger partial charge in [0, 0.05) is 27.7 Å². The largest absolute Gasteiger partial charge is 0.502 e. The van der Waals surface area contributed by atoms with E-state index in [-0.39, 0.29) is 16.6 Å².